The molecule has 0 aliphatic carbocycles. The van der Waals surface area contributed by atoms with Crippen LogP contribution >= 0.6 is 0 Å². The molecule has 0 saturated carbocycles. The van der Waals surface area contributed by atoms with Crippen LogP contribution in [-0.4, -0.2) is 12.4 Å². The van der Waals surface area contributed by atoms with E-state index in [0.717, 1.165) is 0 Å². The molecule has 0 aliphatic heterocycles. The molecule has 0 atom stereocenters. The molecule has 0 fully saturated rings. The van der Waals surface area contributed by atoms with Gasteiger partial charge in [-0.25, -0.2) is 0 Å². The molecule has 4 nitrogen and oxygen atoms in total. The summed E-state index contributed by atoms with van der Waals surface area (Å²) in [6, 6.07) is 5.70. The van der Waals surface area contributed by atoms with Crippen LogP contribution in [0.4, 0.5) is 8.78 Å². The quantitative estimate of drug-likeness (QED) is 0.330. The minimum absolute atomic E-state index is 0.0635. The van der Waals surface area contributed by atoms with Crippen LogP contribution in [-0.2, 0) is 0 Å². The van der Waals surface area contributed by atoms with Gasteiger partial charge in [0.15, 0.2) is 0 Å². The van der Waals surface area contributed by atoms with Crippen molar-refractivity contribution in [1.82, 2.24) is 0 Å². The fourth-order valence-electron chi connectivity index (χ4n) is 0.882. The molecule has 14 heavy (non-hydrogen) atoms. The summed E-state index contributed by atoms with van der Waals surface area (Å²) in [5, 5.41) is 3.25. The van der Waals surface area contributed by atoms with Crippen molar-refractivity contribution < 1.29 is 13.5 Å². The summed E-state index contributed by atoms with van der Waals surface area (Å²) in [5.41, 5.74) is 5.93. The monoisotopic (exact) mass is 201 g/mol. The van der Waals surface area contributed by atoms with Crippen LogP contribution in [0, 0.1) is 0 Å². The van der Waals surface area contributed by atoms with E-state index in [9.17, 15) is 8.78 Å². The summed E-state index contributed by atoms with van der Waals surface area (Å²) in [6.07, 6.45) is 0. The highest BCUT2D eigenvalue weighted by Crippen LogP contribution is 2.14. The molecule has 0 amide bonds. The highest BCUT2D eigenvalue weighted by atomic mass is 19.3. The molecule has 0 saturated heterocycles. The number of hydrazone groups is 1. The first-order valence-electron chi connectivity index (χ1n) is 3.72. The lowest BCUT2D eigenvalue weighted by molar-refractivity contribution is -0.0498. The molecule has 0 radical (unpaired) electrons. The van der Waals surface area contributed by atoms with Crippen LogP contribution in [0.1, 0.15) is 5.56 Å². The first-order valence-corrected chi connectivity index (χ1v) is 3.72. The standard InChI is InChI=1S/C8H9F2N3O/c9-8(10)14-6-3-1-5(2-4-6)7(11)13-12/h1-4,8H,12H2,(H2,11,13). The van der Waals surface area contributed by atoms with Gasteiger partial charge < -0.3 is 16.3 Å². The molecule has 0 heterocycles. The van der Waals surface area contributed by atoms with Crippen molar-refractivity contribution in [3.8, 4) is 5.75 Å². The van der Waals surface area contributed by atoms with Crippen molar-refractivity contribution >= 4 is 5.84 Å². The largest absolute Gasteiger partial charge is 0.435 e. The highest BCUT2D eigenvalue weighted by Gasteiger charge is 2.04. The van der Waals surface area contributed by atoms with Gasteiger partial charge in [0.1, 0.15) is 11.6 Å². The number of halogens is 2. The van der Waals surface area contributed by atoms with E-state index in [1.165, 1.54) is 24.3 Å². The number of benzene rings is 1. The molecule has 1 aromatic carbocycles. The molecule has 0 spiro atoms. The number of alkyl halides is 2. The zero-order valence-corrected chi connectivity index (χ0v) is 7.15. The number of hydrogen-bond donors (Lipinski definition) is 2. The van der Waals surface area contributed by atoms with Gasteiger partial charge in [-0.15, -0.1) is 0 Å². The van der Waals surface area contributed by atoms with E-state index in [1.807, 2.05) is 0 Å². The average Bonchev–Trinajstić information content (AvgIpc) is 2.17. The second-order valence-electron chi connectivity index (χ2n) is 2.42. The molecule has 1 aromatic rings. The summed E-state index contributed by atoms with van der Waals surface area (Å²) >= 11 is 0. The molecule has 6 heteroatoms. The van der Waals surface area contributed by atoms with E-state index < -0.39 is 6.61 Å². The van der Waals surface area contributed by atoms with E-state index in [2.05, 4.69) is 9.84 Å². The molecular weight excluding hydrogens is 192 g/mol. The molecule has 0 bridgehead atoms. The third kappa shape index (κ3) is 2.58. The Morgan fingerprint density at radius 1 is 1.29 bits per heavy atom. The number of rotatable bonds is 3. The Balaban J connectivity index is 2.78. The van der Waals surface area contributed by atoms with Crippen LogP contribution in [0.25, 0.3) is 0 Å². The second-order valence-corrected chi connectivity index (χ2v) is 2.42. The topological polar surface area (TPSA) is 73.6 Å². The predicted octanol–water partition coefficient (Wildman–Crippen LogP) is 0.867. The van der Waals surface area contributed by atoms with Crippen LogP contribution < -0.4 is 16.3 Å². The summed E-state index contributed by atoms with van der Waals surface area (Å²) < 4.78 is 27.6. The number of amidine groups is 1. The van der Waals surface area contributed by atoms with Crippen molar-refractivity contribution in [2.75, 3.05) is 0 Å². The number of ether oxygens (including phenoxy) is 1. The lowest BCUT2D eigenvalue weighted by Gasteiger charge is -2.04. The van der Waals surface area contributed by atoms with E-state index in [4.69, 9.17) is 11.6 Å². The van der Waals surface area contributed by atoms with Crippen LogP contribution in [0.2, 0.25) is 0 Å². The third-order valence-corrected chi connectivity index (χ3v) is 1.51. The second kappa shape index (κ2) is 4.40. The Bertz CT molecular complexity index is 324. The fourth-order valence-corrected chi connectivity index (χ4v) is 0.882. The van der Waals surface area contributed by atoms with Gasteiger partial charge in [0.05, 0.1) is 0 Å². The van der Waals surface area contributed by atoms with Gasteiger partial charge in [-0.3, -0.25) is 0 Å². The van der Waals surface area contributed by atoms with Gasteiger partial charge in [-0.2, -0.15) is 13.9 Å². The Kier molecular flexibility index (Phi) is 3.22. The minimum Gasteiger partial charge on any atom is -0.435 e. The predicted molar refractivity (Wildman–Crippen MR) is 48.0 cm³/mol. The van der Waals surface area contributed by atoms with Gasteiger partial charge >= 0.3 is 6.61 Å². The number of nitrogens with zero attached hydrogens (tertiary/aromatic N) is 1. The first kappa shape index (κ1) is 10.2. The zero-order chi connectivity index (χ0) is 10.6. The maximum atomic E-state index is 11.8. The Hall–Kier alpha value is -1.85. The maximum Gasteiger partial charge on any atom is 0.387 e. The molecule has 76 valence electrons. The average molecular weight is 201 g/mol. The number of hydrogen-bond acceptors (Lipinski definition) is 3. The van der Waals surface area contributed by atoms with Crippen molar-refractivity contribution in [1.29, 1.82) is 0 Å². The highest BCUT2D eigenvalue weighted by molar-refractivity contribution is 5.97. The normalized spacial score (nSPS) is 11.8. The zero-order valence-electron chi connectivity index (χ0n) is 7.15. The smallest absolute Gasteiger partial charge is 0.387 e. The lowest BCUT2D eigenvalue weighted by atomic mass is 10.2. The molecular formula is C8H9F2N3O. The summed E-state index contributed by atoms with van der Waals surface area (Å²) in [5.74, 6) is 5.13. The van der Waals surface area contributed by atoms with Crippen molar-refractivity contribution in [3.63, 3.8) is 0 Å². The summed E-state index contributed by atoms with van der Waals surface area (Å²) in [7, 11) is 0. The summed E-state index contributed by atoms with van der Waals surface area (Å²) in [4.78, 5) is 0. The van der Waals surface area contributed by atoms with Gasteiger partial charge in [-0.05, 0) is 24.3 Å². The van der Waals surface area contributed by atoms with Gasteiger partial charge in [-0.1, -0.05) is 0 Å². The maximum absolute atomic E-state index is 11.8. The molecule has 0 aliphatic rings. The van der Waals surface area contributed by atoms with Crippen LogP contribution in [0.3, 0.4) is 0 Å². The van der Waals surface area contributed by atoms with Crippen LogP contribution in [0.5, 0.6) is 5.75 Å². The lowest BCUT2D eigenvalue weighted by Crippen LogP contribution is -2.15. The molecule has 1 rings (SSSR count). The SMILES string of the molecule is N/N=C(/N)c1ccc(OC(F)F)cc1. The van der Waals surface area contributed by atoms with Gasteiger partial charge in [0.2, 0.25) is 0 Å². The molecule has 0 aromatic heterocycles. The fraction of sp³-hybridized carbons (Fsp3) is 0.125. The van der Waals surface area contributed by atoms with Crippen molar-refractivity contribution in [2.24, 2.45) is 16.7 Å². The Labute approximate surface area is 79.2 Å². The Morgan fingerprint density at radius 2 is 1.86 bits per heavy atom. The van der Waals surface area contributed by atoms with E-state index >= 15 is 0 Å². The van der Waals surface area contributed by atoms with Crippen molar-refractivity contribution in [2.45, 2.75) is 6.61 Å². The number of nitrogens with two attached hydrogens (primary N) is 2. The van der Waals surface area contributed by atoms with Crippen LogP contribution in [0.15, 0.2) is 29.4 Å². The molecule has 0 unspecified atom stereocenters. The van der Waals surface area contributed by atoms with E-state index in [1.54, 1.807) is 0 Å². The summed E-state index contributed by atoms with van der Waals surface area (Å²) in [6.45, 7) is -2.83. The minimum atomic E-state index is -2.83. The van der Waals surface area contributed by atoms with Gasteiger partial charge in [0.25, 0.3) is 0 Å². The first-order chi connectivity index (χ1) is 6.63. The Morgan fingerprint density at radius 3 is 2.29 bits per heavy atom. The van der Waals surface area contributed by atoms with Gasteiger partial charge in [0, 0.05) is 5.56 Å². The third-order valence-electron chi connectivity index (χ3n) is 1.51. The van der Waals surface area contributed by atoms with Crippen molar-refractivity contribution in [3.05, 3.63) is 29.8 Å². The molecule has 4 N–H and O–H groups in total. The van der Waals surface area contributed by atoms with E-state index in [-0.39, 0.29) is 11.6 Å². The van der Waals surface area contributed by atoms with E-state index in [0.29, 0.717) is 5.56 Å².